The Balaban J connectivity index is 1.28. The van der Waals surface area contributed by atoms with Gasteiger partial charge in [-0.15, -0.1) is 0 Å². The summed E-state index contributed by atoms with van der Waals surface area (Å²) >= 11 is 0. The van der Waals surface area contributed by atoms with E-state index in [0.29, 0.717) is 5.56 Å². The lowest BCUT2D eigenvalue weighted by Crippen LogP contribution is -1.94. The summed E-state index contributed by atoms with van der Waals surface area (Å²) < 4.78 is 14.8. The van der Waals surface area contributed by atoms with E-state index in [1.54, 1.807) is 0 Å². The topological polar surface area (TPSA) is 55.0 Å². The molecule has 6 aromatic carbocycles. The van der Waals surface area contributed by atoms with E-state index >= 15 is 0 Å². The van der Waals surface area contributed by atoms with E-state index in [4.69, 9.17) is 8.83 Å². The molecular formula is C37H20N2O2. The summed E-state index contributed by atoms with van der Waals surface area (Å²) in [6, 6.07) is 43.8. The second-order valence-electron chi connectivity index (χ2n) is 10.5. The molecule has 190 valence electrons. The summed E-state index contributed by atoms with van der Waals surface area (Å²) in [5.41, 5.74) is 9.34. The Labute approximate surface area is 233 Å². The van der Waals surface area contributed by atoms with Gasteiger partial charge < -0.3 is 13.4 Å². The molecule has 9 aromatic rings. The van der Waals surface area contributed by atoms with E-state index in [1.807, 2.05) is 42.5 Å². The third-order valence-corrected chi connectivity index (χ3v) is 8.23. The minimum absolute atomic E-state index is 0.630. The highest BCUT2D eigenvalue weighted by molar-refractivity contribution is 6.13. The lowest BCUT2D eigenvalue weighted by molar-refractivity contribution is 0.666. The number of nitriles is 1. The van der Waals surface area contributed by atoms with Crippen LogP contribution in [0.2, 0.25) is 0 Å². The highest BCUT2D eigenvalue weighted by Gasteiger charge is 2.18. The Hall–Kier alpha value is -5.79. The van der Waals surface area contributed by atoms with Crippen molar-refractivity contribution in [1.29, 1.82) is 5.26 Å². The zero-order chi connectivity index (χ0) is 27.1. The summed E-state index contributed by atoms with van der Waals surface area (Å²) in [6.45, 7) is 0. The van der Waals surface area contributed by atoms with Gasteiger partial charge in [-0.2, -0.15) is 5.26 Å². The summed E-state index contributed by atoms with van der Waals surface area (Å²) in [5.74, 6) is 0. The Bertz CT molecular complexity index is 2550. The molecule has 0 bridgehead atoms. The van der Waals surface area contributed by atoms with Crippen LogP contribution < -0.4 is 0 Å². The third kappa shape index (κ3) is 3.09. The van der Waals surface area contributed by atoms with Crippen molar-refractivity contribution in [3.05, 3.63) is 127 Å². The van der Waals surface area contributed by atoms with Gasteiger partial charge in [-0.25, -0.2) is 0 Å². The van der Waals surface area contributed by atoms with Gasteiger partial charge in [0.2, 0.25) is 0 Å². The molecule has 0 spiro atoms. The number of benzene rings is 6. The Kier molecular flexibility index (Phi) is 4.37. The maximum atomic E-state index is 9.64. The SMILES string of the molecule is N#Cc1ccc2c3ccccc3n(-c3cccc4c3oc3ccc(-c5ccc6oc7ccccc7c6c5)cc34)c2c1. The quantitative estimate of drug-likeness (QED) is 0.226. The first kappa shape index (κ1) is 22.1. The molecule has 3 heterocycles. The molecule has 0 amide bonds. The molecular weight excluding hydrogens is 504 g/mol. The lowest BCUT2D eigenvalue weighted by Gasteiger charge is -2.08. The zero-order valence-electron chi connectivity index (χ0n) is 21.8. The van der Waals surface area contributed by atoms with Gasteiger partial charge in [0.15, 0.2) is 5.58 Å². The third-order valence-electron chi connectivity index (χ3n) is 8.23. The number of hydrogen-bond donors (Lipinski definition) is 0. The van der Waals surface area contributed by atoms with Crippen LogP contribution >= 0.6 is 0 Å². The first-order valence-corrected chi connectivity index (χ1v) is 13.6. The average molecular weight is 525 g/mol. The molecule has 3 aromatic heterocycles. The van der Waals surface area contributed by atoms with Crippen molar-refractivity contribution in [2.24, 2.45) is 0 Å². The van der Waals surface area contributed by atoms with Gasteiger partial charge in [-0.1, -0.05) is 66.7 Å². The van der Waals surface area contributed by atoms with Gasteiger partial charge in [0.1, 0.15) is 16.7 Å². The maximum absolute atomic E-state index is 9.64. The van der Waals surface area contributed by atoms with Crippen LogP contribution in [0.1, 0.15) is 5.56 Å². The average Bonchev–Trinajstić information content (AvgIpc) is 3.69. The van der Waals surface area contributed by atoms with Gasteiger partial charge in [0.25, 0.3) is 0 Å². The van der Waals surface area contributed by atoms with Gasteiger partial charge >= 0.3 is 0 Å². The van der Waals surface area contributed by atoms with Crippen molar-refractivity contribution >= 4 is 65.7 Å². The monoisotopic (exact) mass is 524 g/mol. The molecule has 0 saturated carbocycles. The largest absolute Gasteiger partial charge is 0.456 e. The fourth-order valence-electron chi connectivity index (χ4n) is 6.34. The van der Waals surface area contributed by atoms with Crippen molar-refractivity contribution in [3.8, 4) is 22.9 Å². The van der Waals surface area contributed by atoms with E-state index in [1.165, 1.54) is 0 Å². The number of nitrogens with zero attached hydrogens (tertiary/aromatic N) is 2. The summed E-state index contributed by atoms with van der Waals surface area (Å²) in [5, 5.41) is 16.2. The van der Waals surface area contributed by atoms with E-state index in [9.17, 15) is 5.26 Å². The number of rotatable bonds is 2. The molecule has 9 rings (SSSR count). The highest BCUT2D eigenvalue weighted by Crippen LogP contribution is 2.40. The van der Waals surface area contributed by atoms with E-state index in [-0.39, 0.29) is 0 Å². The number of fused-ring (bicyclic) bond motifs is 9. The van der Waals surface area contributed by atoms with Crippen molar-refractivity contribution < 1.29 is 8.83 Å². The standard InChI is InChI=1S/C37H20N2O2/c38-21-22-12-15-26-25-6-1-3-9-31(25)39(33(26)18-22)32-10-5-8-28-30-20-24(14-17-36(30)41-37(28)32)23-13-16-35-29(19-23)27-7-2-4-11-34(27)40-35/h1-20H. The van der Waals surface area contributed by atoms with Crippen LogP contribution in [-0.4, -0.2) is 4.57 Å². The van der Waals surface area contributed by atoms with Crippen LogP contribution in [0.5, 0.6) is 0 Å². The normalized spacial score (nSPS) is 11.9. The molecule has 0 fully saturated rings. The zero-order valence-corrected chi connectivity index (χ0v) is 21.8. The number of aromatic nitrogens is 1. The van der Waals surface area contributed by atoms with Gasteiger partial charge in [0.05, 0.1) is 28.4 Å². The first-order chi connectivity index (χ1) is 20.3. The predicted octanol–water partition coefficient (Wildman–Crippen LogP) is 10.1. The van der Waals surface area contributed by atoms with Crippen LogP contribution in [-0.2, 0) is 0 Å². The Morgan fingerprint density at radius 1 is 0.488 bits per heavy atom. The number of para-hydroxylation sites is 3. The van der Waals surface area contributed by atoms with Crippen LogP contribution in [0.3, 0.4) is 0 Å². The second kappa shape index (κ2) is 8.11. The first-order valence-electron chi connectivity index (χ1n) is 13.6. The minimum Gasteiger partial charge on any atom is -0.456 e. The van der Waals surface area contributed by atoms with Gasteiger partial charge in [0, 0.05) is 32.3 Å². The van der Waals surface area contributed by atoms with Crippen molar-refractivity contribution in [3.63, 3.8) is 0 Å². The molecule has 4 heteroatoms. The molecule has 4 nitrogen and oxygen atoms in total. The van der Waals surface area contributed by atoms with Crippen LogP contribution in [0.4, 0.5) is 0 Å². The minimum atomic E-state index is 0.630. The molecule has 0 aliphatic rings. The van der Waals surface area contributed by atoms with Crippen LogP contribution in [0.15, 0.2) is 130 Å². The summed E-state index contributed by atoms with van der Waals surface area (Å²) in [7, 11) is 0. The molecule has 0 saturated heterocycles. The van der Waals surface area contributed by atoms with Crippen molar-refractivity contribution in [2.45, 2.75) is 0 Å². The van der Waals surface area contributed by atoms with Gasteiger partial charge in [-0.05, 0) is 65.7 Å². The second-order valence-corrected chi connectivity index (χ2v) is 10.5. The predicted molar refractivity (Wildman–Crippen MR) is 165 cm³/mol. The van der Waals surface area contributed by atoms with E-state index < -0.39 is 0 Å². The fraction of sp³-hybridized carbons (Fsp3) is 0. The Morgan fingerprint density at radius 2 is 1.15 bits per heavy atom. The molecule has 0 radical (unpaired) electrons. The smallest absolute Gasteiger partial charge is 0.159 e. The fourth-order valence-corrected chi connectivity index (χ4v) is 6.34. The Morgan fingerprint density at radius 3 is 1.98 bits per heavy atom. The summed E-state index contributed by atoms with van der Waals surface area (Å²) in [4.78, 5) is 0. The van der Waals surface area contributed by atoms with Crippen molar-refractivity contribution in [1.82, 2.24) is 4.57 Å². The molecule has 0 unspecified atom stereocenters. The van der Waals surface area contributed by atoms with Crippen LogP contribution in [0.25, 0.3) is 82.5 Å². The summed E-state index contributed by atoms with van der Waals surface area (Å²) in [6.07, 6.45) is 0. The molecule has 41 heavy (non-hydrogen) atoms. The van der Waals surface area contributed by atoms with Crippen LogP contribution in [0, 0.1) is 11.3 Å². The van der Waals surface area contributed by atoms with Crippen molar-refractivity contribution in [2.75, 3.05) is 0 Å². The van der Waals surface area contributed by atoms with E-state index in [2.05, 4.69) is 89.5 Å². The molecule has 0 aliphatic heterocycles. The van der Waals surface area contributed by atoms with Gasteiger partial charge in [-0.3, -0.25) is 0 Å². The highest BCUT2D eigenvalue weighted by atomic mass is 16.3. The number of furan rings is 2. The molecule has 0 atom stereocenters. The molecule has 0 aliphatic carbocycles. The number of hydrogen-bond acceptors (Lipinski definition) is 3. The maximum Gasteiger partial charge on any atom is 0.159 e. The molecule has 0 N–H and O–H groups in total. The lowest BCUT2D eigenvalue weighted by atomic mass is 10.0. The van der Waals surface area contributed by atoms with E-state index in [0.717, 1.165) is 82.5 Å².